The monoisotopic (exact) mass is 599 g/mol. The minimum atomic E-state index is -1.10. The minimum absolute atomic E-state index is 0.0294. The number of unbranched alkanes of at least 4 members (excludes halogenated alkanes) is 1. The van der Waals surface area contributed by atoms with Gasteiger partial charge in [-0.15, -0.1) is 0 Å². The highest BCUT2D eigenvalue weighted by Gasteiger charge is 2.51. The highest BCUT2D eigenvalue weighted by atomic mass is 19.1. The van der Waals surface area contributed by atoms with Gasteiger partial charge in [0.15, 0.2) is 5.69 Å². The summed E-state index contributed by atoms with van der Waals surface area (Å²) in [7, 11) is 0. The van der Waals surface area contributed by atoms with E-state index in [2.05, 4.69) is 10.3 Å². The zero-order valence-corrected chi connectivity index (χ0v) is 24.9. The van der Waals surface area contributed by atoms with Crippen LogP contribution in [0, 0.1) is 23.6 Å². The lowest BCUT2D eigenvalue weighted by Gasteiger charge is -2.28. The quantitative estimate of drug-likeness (QED) is 0.217. The van der Waals surface area contributed by atoms with Crippen molar-refractivity contribution < 1.29 is 33.3 Å². The van der Waals surface area contributed by atoms with Crippen molar-refractivity contribution in [3.8, 4) is 0 Å². The first-order chi connectivity index (χ1) is 20.8. The Morgan fingerprint density at radius 2 is 1.91 bits per heavy atom. The van der Waals surface area contributed by atoms with Crippen LogP contribution in [0.15, 0.2) is 28.9 Å². The predicted octanol–water partition coefficient (Wildman–Crippen LogP) is 4.71. The predicted molar refractivity (Wildman–Crippen MR) is 157 cm³/mol. The SMILES string of the molecule is NC(=O)CCC(CO)C(O)c1ccc(F)cc1C[C@@H]1[C@H](c2nc(C(=O)NCCCCC3CCCCC3)co2)[C@H]2CC[C@H]1O2. The van der Waals surface area contributed by atoms with Gasteiger partial charge in [-0.05, 0) is 61.3 Å². The Morgan fingerprint density at radius 1 is 1.12 bits per heavy atom. The molecule has 3 heterocycles. The number of aromatic nitrogens is 1. The van der Waals surface area contributed by atoms with E-state index in [-0.39, 0.29) is 55.1 Å². The molecule has 1 saturated carbocycles. The van der Waals surface area contributed by atoms with Crippen molar-refractivity contribution >= 4 is 11.8 Å². The molecule has 2 saturated heterocycles. The van der Waals surface area contributed by atoms with Crippen molar-refractivity contribution in [1.29, 1.82) is 0 Å². The number of hydrogen-bond donors (Lipinski definition) is 4. The second-order valence-corrected chi connectivity index (χ2v) is 12.7. The third-order valence-electron chi connectivity index (χ3n) is 9.84. The zero-order valence-electron chi connectivity index (χ0n) is 24.9. The second kappa shape index (κ2) is 14.8. The van der Waals surface area contributed by atoms with Gasteiger partial charge in [-0.25, -0.2) is 9.37 Å². The van der Waals surface area contributed by atoms with Gasteiger partial charge in [0.05, 0.1) is 24.2 Å². The van der Waals surface area contributed by atoms with E-state index in [0.29, 0.717) is 30.0 Å². The average Bonchev–Trinajstić information content (AvgIpc) is 3.75. The third kappa shape index (κ3) is 7.83. The number of hydrogen-bond acceptors (Lipinski definition) is 7. The molecule has 3 aliphatic rings. The van der Waals surface area contributed by atoms with Gasteiger partial charge in [0.1, 0.15) is 12.1 Å². The lowest BCUT2D eigenvalue weighted by Crippen LogP contribution is -2.29. The number of oxazole rings is 1. The molecule has 10 heteroatoms. The second-order valence-electron chi connectivity index (χ2n) is 12.7. The van der Waals surface area contributed by atoms with Crippen molar-refractivity contribution in [3.05, 3.63) is 53.0 Å². The Morgan fingerprint density at radius 3 is 2.67 bits per heavy atom. The fourth-order valence-corrected chi connectivity index (χ4v) is 7.47. The van der Waals surface area contributed by atoms with Crippen LogP contribution in [0.25, 0.3) is 0 Å². The standard InChI is InChI=1S/C33H46FN3O6/c34-23-10-11-24(31(40)21(18-38)9-14-29(35)39)22(16-23)17-25-27-12-13-28(43-27)30(25)33-37-26(19-42-33)32(41)36-15-5-4-8-20-6-2-1-3-7-20/h10-11,16,19-21,25,27-28,30-31,38,40H,1-9,12-15,17-18H2,(H2,35,39)(H,36,41)/t21?,25-,27+,28+,30-,31?/m0/s1. The molecule has 2 aliphatic heterocycles. The Hall–Kier alpha value is -2.82. The summed E-state index contributed by atoms with van der Waals surface area (Å²) in [6, 6.07) is 4.23. The fraction of sp³-hybridized carbons (Fsp3) is 0.667. The lowest BCUT2D eigenvalue weighted by molar-refractivity contribution is -0.118. The van der Waals surface area contributed by atoms with E-state index in [9.17, 15) is 24.2 Å². The number of nitrogens with zero attached hydrogens (tertiary/aromatic N) is 1. The number of fused-ring (bicyclic) bond motifs is 2. The van der Waals surface area contributed by atoms with Crippen LogP contribution in [0.5, 0.6) is 0 Å². The van der Waals surface area contributed by atoms with Crippen LogP contribution in [-0.4, -0.2) is 52.4 Å². The summed E-state index contributed by atoms with van der Waals surface area (Å²) >= 11 is 0. The van der Waals surface area contributed by atoms with Gasteiger partial charge in [-0.1, -0.05) is 51.0 Å². The number of benzene rings is 1. The first-order valence-electron chi connectivity index (χ1n) is 16.1. The van der Waals surface area contributed by atoms with Gasteiger partial charge >= 0.3 is 0 Å². The molecule has 1 aromatic carbocycles. The van der Waals surface area contributed by atoms with Crippen LogP contribution in [0.3, 0.4) is 0 Å². The van der Waals surface area contributed by atoms with Crippen LogP contribution in [-0.2, 0) is 16.0 Å². The molecule has 1 aromatic heterocycles. The van der Waals surface area contributed by atoms with E-state index < -0.39 is 23.7 Å². The number of nitrogens with two attached hydrogens (primary N) is 1. The molecule has 0 radical (unpaired) electrons. The molecule has 5 N–H and O–H groups in total. The van der Waals surface area contributed by atoms with Gasteiger partial charge in [0.2, 0.25) is 11.8 Å². The molecule has 2 amide bonds. The summed E-state index contributed by atoms with van der Waals surface area (Å²) < 4.78 is 26.6. The van der Waals surface area contributed by atoms with E-state index in [1.54, 1.807) is 0 Å². The van der Waals surface area contributed by atoms with Gasteiger partial charge in [-0.2, -0.15) is 0 Å². The third-order valence-corrected chi connectivity index (χ3v) is 9.84. The van der Waals surface area contributed by atoms with Gasteiger partial charge in [0.25, 0.3) is 5.91 Å². The molecule has 2 unspecified atom stereocenters. The Labute approximate surface area is 252 Å². The summed E-state index contributed by atoms with van der Waals surface area (Å²) in [5.41, 5.74) is 6.62. The first-order valence-corrected chi connectivity index (χ1v) is 16.1. The van der Waals surface area contributed by atoms with E-state index in [1.165, 1.54) is 63.0 Å². The molecular weight excluding hydrogens is 553 g/mol. The molecule has 2 bridgehead atoms. The fourth-order valence-electron chi connectivity index (χ4n) is 7.47. The number of halogens is 1. The molecule has 236 valence electrons. The van der Waals surface area contributed by atoms with Crippen molar-refractivity contribution in [2.24, 2.45) is 23.5 Å². The molecule has 1 aliphatic carbocycles. The van der Waals surface area contributed by atoms with E-state index >= 15 is 0 Å². The maximum absolute atomic E-state index is 14.5. The van der Waals surface area contributed by atoms with E-state index in [1.807, 2.05) is 0 Å². The molecule has 6 atom stereocenters. The molecule has 3 fully saturated rings. The maximum Gasteiger partial charge on any atom is 0.273 e. The normalized spacial score (nSPS) is 25.1. The van der Waals surface area contributed by atoms with E-state index in [0.717, 1.165) is 31.6 Å². The zero-order chi connectivity index (χ0) is 30.3. The summed E-state index contributed by atoms with van der Waals surface area (Å²) in [4.78, 5) is 28.7. The Bertz CT molecular complexity index is 1230. The summed E-state index contributed by atoms with van der Waals surface area (Å²) in [6.07, 6.45) is 12.4. The molecule has 9 nitrogen and oxygen atoms in total. The average molecular weight is 600 g/mol. The van der Waals surface area contributed by atoms with Crippen LogP contribution < -0.4 is 11.1 Å². The number of carbonyl (C=O) groups is 2. The largest absolute Gasteiger partial charge is 0.448 e. The molecule has 43 heavy (non-hydrogen) atoms. The van der Waals surface area contributed by atoms with Crippen molar-refractivity contribution in [1.82, 2.24) is 10.3 Å². The number of rotatable bonds is 15. The lowest BCUT2D eigenvalue weighted by atomic mass is 9.75. The van der Waals surface area contributed by atoms with Crippen LogP contribution in [0.2, 0.25) is 0 Å². The van der Waals surface area contributed by atoms with Crippen LogP contribution in [0.4, 0.5) is 4.39 Å². The summed E-state index contributed by atoms with van der Waals surface area (Å²) in [5.74, 6) is -0.860. The van der Waals surface area contributed by atoms with Crippen molar-refractivity contribution in [2.45, 2.75) is 108 Å². The minimum Gasteiger partial charge on any atom is -0.448 e. The molecule has 0 spiro atoms. The maximum atomic E-state index is 14.5. The number of nitrogens with one attached hydrogen (secondary N) is 1. The summed E-state index contributed by atoms with van der Waals surface area (Å²) in [6.45, 7) is 0.263. The first kappa shape index (κ1) is 31.6. The highest BCUT2D eigenvalue weighted by molar-refractivity contribution is 5.91. The molecular formula is C33H46FN3O6. The van der Waals surface area contributed by atoms with Crippen molar-refractivity contribution in [2.75, 3.05) is 13.2 Å². The number of aliphatic hydroxyl groups excluding tert-OH is 2. The van der Waals surface area contributed by atoms with Crippen LogP contribution in [0.1, 0.15) is 117 Å². The summed E-state index contributed by atoms with van der Waals surface area (Å²) in [5, 5.41) is 24.0. The van der Waals surface area contributed by atoms with Crippen LogP contribution >= 0.6 is 0 Å². The van der Waals surface area contributed by atoms with Gasteiger partial charge in [0, 0.05) is 31.4 Å². The van der Waals surface area contributed by atoms with Gasteiger partial charge in [-0.3, -0.25) is 9.59 Å². The van der Waals surface area contributed by atoms with Crippen molar-refractivity contribution in [3.63, 3.8) is 0 Å². The number of ether oxygens (including phenoxy) is 1. The number of aliphatic hydroxyl groups is 2. The Kier molecular flexibility index (Phi) is 10.9. The Balaban J connectivity index is 1.23. The number of primary amides is 1. The molecule has 2 aromatic rings. The molecule has 5 rings (SSSR count). The topological polar surface area (TPSA) is 148 Å². The van der Waals surface area contributed by atoms with E-state index in [4.69, 9.17) is 14.9 Å². The highest BCUT2D eigenvalue weighted by Crippen LogP contribution is 2.50. The smallest absolute Gasteiger partial charge is 0.273 e. The number of carbonyl (C=O) groups excluding carboxylic acids is 2. The number of amides is 2. The van der Waals surface area contributed by atoms with Gasteiger partial charge < -0.3 is 30.4 Å².